The van der Waals surface area contributed by atoms with Crippen molar-refractivity contribution < 1.29 is 4.39 Å². The molecule has 1 rings (SSSR count). The van der Waals surface area contributed by atoms with E-state index < -0.39 is 0 Å². The Morgan fingerprint density at radius 1 is 1.38 bits per heavy atom. The van der Waals surface area contributed by atoms with Crippen LogP contribution >= 0.6 is 15.9 Å². The van der Waals surface area contributed by atoms with E-state index in [1.165, 1.54) is 12.1 Å². The van der Waals surface area contributed by atoms with Gasteiger partial charge >= 0.3 is 0 Å². The number of benzene rings is 1. The van der Waals surface area contributed by atoms with E-state index in [4.69, 9.17) is 5.73 Å². The molecule has 0 amide bonds. The van der Waals surface area contributed by atoms with Crippen molar-refractivity contribution in [3.63, 3.8) is 0 Å². The van der Waals surface area contributed by atoms with Gasteiger partial charge in [-0.2, -0.15) is 0 Å². The maximum absolute atomic E-state index is 12.8. The fraction of sp³-hybridized carbons (Fsp3) is 0.538. The molecule has 0 radical (unpaired) electrons. The smallest absolute Gasteiger partial charge is 0.124 e. The molecule has 0 aliphatic carbocycles. The van der Waals surface area contributed by atoms with Crippen molar-refractivity contribution >= 4 is 15.9 Å². The molecule has 1 unspecified atom stereocenters. The summed E-state index contributed by atoms with van der Waals surface area (Å²) in [5.74, 6) is -0.196. The molecule has 1 nitrogen and oxygen atoms in total. The molecular weight excluding hydrogens is 269 g/mol. The number of hydrogen-bond acceptors (Lipinski definition) is 1. The van der Waals surface area contributed by atoms with Crippen LogP contribution < -0.4 is 5.73 Å². The van der Waals surface area contributed by atoms with Crippen LogP contribution in [0.15, 0.2) is 22.7 Å². The van der Waals surface area contributed by atoms with Crippen LogP contribution in [0, 0.1) is 5.82 Å². The number of hydrogen-bond donors (Lipinski definition) is 1. The van der Waals surface area contributed by atoms with Gasteiger partial charge < -0.3 is 5.73 Å². The maximum Gasteiger partial charge on any atom is 0.124 e. The third-order valence-electron chi connectivity index (χ3n) is 2.70. The number of rotatable bonds is 6. The van der Waals surface area contributed by atoms with Crippen molar-refractivity contribution in [3.05, 3.63) is 34.1 Å². The van der Waals surface area contributed by atoms with Gasteiger partial charge in [0.05, 0.1) is 0 Å². The standard InChI is InChI=1S/C13H19BrFN/c1-2-4-12(16)6-3-5-10-7-8-11(15)9-13(10)14/h7-9,12H,2-6,16H2,1H3. The number of nitrogens with two attached hydrogens (primary N) is 1. The molecule has 1 atom stereocenters. The lowest BCUT2D eigenvalue weighted by atomic mass is 10.0. The summed E-state index contributed by atoms with van der Waals surface area (Å²) in [5, 5.41) is 0. The lowest BCUT2D eigenvalue weighted by molar-refractivity contribution is 0.539. The zero-order valence-electron chi connectivity index (χ0n) is 9.68. The normalized spacial score (nSPS) is 12.8. The molecule has 90 valence electrons. The minimum atomic E-state index is -0.196. The van der Waals surface area contributed by atoms with E-state index in [2.05, 4.69) is 22.9 Å². The average molecular weight is 288 g/mol. The topological polar surface area (TPSA) is 26.0 Å². The zero-order valence-corrected chi connectivity index (χ0v) is 11.3. The molecule has 2 N–H and O–H groups in total. The molecule has 0 bridgehead atoms. The summed E-state index contributed by atoms with van der Waals surface area (Å²) in [4.78, 5) is 0. The minimum absolute atomic E-state index is 0.196. The molecule has 0 saturated heterocycles. The van der Waals surface area contributed by atoms with E-state index in [0.717, 1.165) is 42.1 Å². The monoisotopic (exact) mass is 287 g/mol. The Morgan fingerprint density at radius 3 is 2.75 bits per heavy atom. The van der Waals surface area contributed by atoms with Crippen LogP contribution in [0.5, 0.6) is 0 Å². The Hall–Kier alpha value is -0.410. The molecule has 16 heavy (non-hydrogen) atoms. The van der Waals surface area contributed by atoms with Crippen LogP contribution in [0.2, 0.25) is 0 Å². The summed E-state index contributed by atoms with van der Waals surface area (Å²) in [6, 6.07) is 5.17. The van der Waals surface area contributed by atoms with E-state index in [-0.39, 0.29) is 5.82 Å². The first-order chi connectivity index (χ1) is 7.63. The maximum atomic E-state index is 12.8. The summed E-state index contributed by atoms with van der Waals surface area (Å²) >= 11 is 3.37. The van der Waals surface area contributed by atoms with Gasteiger partial charge in [-0.1, -0.05) is 35.3 Å². The van der Waals surface area contributed by atoms with E-state index in [0.29, 0.717) is 6.04 Å². The second kappa shape index (κ2) is 7.02. The van der Waals surface area contributed by atoms with Crippen molar-refractivity contribution in [2.24, 2.45) is 5.73 Å². The van der Waals surface area contributed by atoms with Crippen LogP contribution in [0.25, 0.3) is 0 Å². The quantitative estimate of drug-likeness (QED) is 0.840. The van der Waals surface area contributed by atoms with Crippen LogP contribution in [-0.4, -0.2) is 6.04 Å². The summed E-state index contributed by atoms with van der Waals surface area (Å²) < 4.78 is 13.7. The molecule has 0 aromatic heterocycles. The molecule has 0 aliphatic heterocycles. The molecule has 1 aromatic carbocycles. The number of aryl methyl sites for hydroxylation is 1. The highest BCUT2D eigenvalue weighted by Crippen LogP contribution is 2.20. The highest BCUT2D eigenvalue weighted by Gasteiger charge is 2.04. The van der Waals surface area contributed by atoms with Crippen molar-refractivity contribution in [2.45, 2.75) is 45.1 Å². The van der Waals surface area contributed by atoms with Crippen molar-refractivity contribution in [1.29, 1.82) is 0 Å². The number of halogens is 2. The van der Waals surface area contributed by atoms with E-state index in [1.807, 2.05) is 6.07 Å². The van der Waals surface area contributed by atoms with Gasteiger partial charge in [0.15, 0.2) is 0 Å². The fourth-order valence-electron chi connectivity index (χ4n) is 1.79. The first kappa shape index (κ1) is 13.7. The first-order valence-electron chi connectivity index (χ1n) is 5.83. The van der Waals surface area contributed by atoms with Crippen molar-refractivity contribution in [3.8, 4) is 0 Å². The van der Waals surface area contributed by atoms with Gasteiger partial charge in [0.1, 0.15) is 5.82 Å². The highest BCUT2D eigenvalue weighted by atomic mass is 79.9. The van der Waals surface area contributed by atoms with Crippen LogP contribution in [0.1, 0.15) is 38.2 Å². The summed E-state index contributed by atoms with van der Waals surface area (Å²) in [6.45, 7) is 2.15. The van der Waals surface area contributed by atoms with Gasteiger partial charge in [0.25, 0.3) is 0 Å². The zero-order chi connectivity index (χ0) is 12.0. The van der Waals surface area contributed by atoms with Gasteiger partial charge in [-0.05, 0) is 43.4 Å². The Kier molecular flexibility index (Phi) is 5.99. The van der Waals surface area contributed by atoms with Gasteiger partial charge in [-0.25, -0.2) is 4.39 Å². The Balaban J connectivity index is 2.37. The highest BCUT2D eigenvalue weighted by molar-refractivity contribution is 9.10. The third kappa shape index (κ3) is 4.62. The van der Waals surface area contributed by atoms with Gasteiger partial charge in [-0.15, -0.1) is 0 Å². The van der Waals surface area contributed by atoms with Crippen LogP contribution in [0.3, 0.4) is 0 Å². The molecule has 0 saturated carbocycles. The van der Waals surface area contributed by atoms with Gasteiger partial charge in [0.2, 0.25) is 0 Å². The minimum Gasteiger partial charge on any atom is -0.328 e. The lowest BCUT2D eigenvalue weighted by Crippen LogP contribution is -2.19. The molecular formula is C13H19BrFN. The largest absolute Gasteiger partial charge is 0.328 e. The molecule has 3 heteroatoms. The third-order valence-corrected chi connectivity index (χ3v) is 3.43. The Morgan fingerprint density at radius 2 is 2.12 bits per heavy atom. The molecule has 1 aromatic rings. The second-order valence-electron chi connectivity index (χ2n) is 4.18. The molecule has 0 fully saturated rings. The molecule has 0 heterocycles. The fourth-order valence-corrected chi connectivity index (χ4v) is 2.34. The Labute approximate surface area is 105 Å². The lowest BCUT2D eigenvalue weighted by Gasteiger charge is -2.10. The van der Waals surface area contributed by atoms with Crippen molar-refractivity contribution in [1.82, 2.24) is 0 Å². The SMILES string of the molecule is CCCC(N)CCCc1ccc(F)cc1Br. The van der Waals surface area contributed by atoms with Gasteiger partial charge in [-0.3, -0.25) is 0 Å². The predicted octanol–water partition coefficient (Wildman–Crippen LogP) is 4.04. The Bertz CT molecular complexity index is 328. The summed E-state index contributed by atoms with van der Waals surface area (Å²) in [5.41, 5.74) is 7.10. The van der Waals surface area contributed by atoms with E-state index in [9.17, 15) is 4.39 Å². The van der Waals surface area contributed by atoms with E-state index in [1.54, 1.807) is 0 Å². The summed E-state index contributed by atoms with van der Waals surface area (Å²) in [6.07, 6.45) is 5.29. The predicted molar refractivity (Wildman–Crippen MR) is 69.9 cm³/mol. The summed E-state index contributed by atoms with van der Waals surface area (Å²) in [7, 11) is 0. The van der Waals surface area contributed by atoms with Crippen LogP contribution in [-0.2, 0) is 6.42 Å². The first-order valence-corrected chi connectivity index (χ1v) is 6.62. The van der Waals surface area contributed by atoms with Crippen LogP contribution in [0.4, 0.5) is 4.39 Å². The average Bonchev–Trinajstić information content (AvgIpc) is 2.22. The van der Waals surface area contributed by atoms with Crippen molar-refractivity contribution in [2.75, 3.05) is 0 Å². The second-order valence-corrected chi connectivity index (χ2v) is 5.03. The van der Waals surface area contributed by atoms with E-state index >= 15 is 0 Å². The molecule has 0 spiro atoms. The van der Waals surface area contributed by atoms with Gasteiger partial charge in [0, 0.05) is 10.5 Å². The molecule has 0 aliphatic rings.